The fraction of sp³-hybridized carbons (Fsp3) is 0.467. The van der Waals surface area contributed by atoms with E-state index < -0.39 is 0 Å². The van der Waals surface area contributed by atoms with Gasteiger partial charge in [-0.1, -0.05) is 31.7 Å². The Morgan fingerprint density at radius 2 is 1.82 bits per heavy atom. The van der Waals surface area contributed by atoms with Gasteiger partial charge in [0.25, 0.3) is 0 Å². The van der Waals surface area contributed by atoms with Crippen LogP contribution in [0.1, 0.15) is 50.1 Å². The number of fused-ring (bicyclic) bond motifs is 1. The third kappa shape index (κ3) is 2.04. The van der Waals surface area contributed by atoms with Crippen LogP contribution in [0.3, 0.4) is 0 Å². The summed E-state index contributed by atoms with van der Waals surface area (Å²) in [7, 11) is 0. The molecular weight excluding hydrogens is 210 g/mol. The molecular formula is C15H19NO. The average Bonchev–Trinajstić information content (AvgIpc) is 2.59. The molecule has 1 saturated carbocycles. The Kier molecular flexibility index (Phi) is 2.79. The van der Waals surface area contributed by atoms with E-state index in [9.17, 15) is 5.11 Å². The number of hydrogen-bond donors (Lipinski definition) is 2. The van der Waals surface area contributed by atoms with Gasteiger partial charge < -0.3 is 10.1 Å². The van der Waals surface area contributed by atoms with E-state index in [0.29, 0.717) is 11.7 Å². The number of phenolic OH excluding ortho intramolecular Hbond substituents is 1. The molecule has 0 bridgehead atoms. The van der Waals surface area contributed by atoms with Crippen molar-refractivity contribution in [2.75, 3.05) is 0 Å². The molecule has 1 aliphatic carbocycles. The number of aromatic nitrogens is 1. The summed E-state index contributed by atoms with van der Waals surface area (Å²) in [5.74, 6) is 1.04. The summed E-state index contributed by atoms with van der Waals surface area (Å²) in [4.78, 5) is 3.47. The first-order valence-electron chi connectivity index (χ1n) is 6.65. The number of phenols is 1. The maximum atomic E-state index is 9.82. The highest BCUT2D eigenvalue weighted by atomic mass is 16.3. The summed E-state index contributed by atoms with van der Waals surface area (Å²) in [5.41, 5.74) is 2.37. The van der Waals surface area contributed by atoms with Crippen molar-refractivity contribution in [3.8, 4) is 5.75 Å². The monoisotopic (exact) mass is 229 g/mol. The molecule has 0 amide bonds. The number of rotatable bonds is 1. The highest BCUT2D eigenvalue weighted by Gasteiger charge is 2.16. The highest BCUT2D eigenvalue weighted by molar-refractivity contribution is 5.86. The number of aromatic amines is 1. The van der Waals surface area contributed by atoms with Crippen LogP contribution in [0.5, 0.6) is 5.75 Å². The van der Waals surface area contributed by atoms with Gasteiger partial charge in [-0.05, 0) is 37.0 Å². The van der Waals surface area contributed by atoms with Crippen molar-refractivity contribution < 1.29 is 5.11 Å². The van der Waals surface area contributed by atoms with Crippen molar-refractivity contribution in [2.45, 2.75) is 44.4 Å². The van der Waals surface area contributed by atoms with Crippen molar-refractivity contribution in [1.29, 1.82) is 0 Å². The van der Waals surface area contributed by atoms with Crippen LogP contribution in [0.4, 0.5) is 0 Å². The van der Waals surface area contributed by atoms with Gasteiger partial charge in [0.1, 0.15) is 5.75 Å². The fourth-order valence-corrected chi connectivity index (χ4v) is 2.97. The molecule has 90 valence electrons. The normalized spacial score (nSPS) is 18.4. The van der Waals surface area contributed by atoms with Gasteiger partial charge >= 0.3 is 0 Å². The average molecular weight is 229 g/mol. The van der Waals surface area contributed by atoms with Gasteiger partial charge in [-0.2, -0.15) is 0 Å². The van der Waals surface area contributed by atoms with Gasteiger partial charge in [0, 0.05) is 16.6 Å². The third-order valence-corrected chi connectivity index (χ3v) is 3.96. The Balaban J connectivity index is 1.96. The Labute approximate surface area is 102 Å². The highest BCUT2D eigenvalue weighted by Crippen LogP contribution is 2.34. The number of nitrogens with one attached hydrogen (secondary N) is 1. The van der Waals surface area contributed by atoms with E-state index in [2.05, 4.69) is 11.1 Å². The van der Waals surface area contributed by atoms with E-state index in [0.717, 1.165) is 10.9 Å². The summed E-state index contributed by atoms with van der Waals surface area (Å²) < 4.78 is 0. The molecule has 1 aromatic heterocycles. The van der Waals surface area contributed by atoms with Crippen LogP contribution in [0.25, 0.3) is 10.9 Å². The Hall–Kier alpha value is -1.44. The van der Waals surface area contributed by atoms with E-state index in [4.69, 9.17) is 0 Å². The molecule has 1 heterocycles. The van der Waals surface area contributed by atoms with Gasteiger partial charge in [0.15, 0.2) is 0 Å². The zero-order valence-corrected chi connectivity index (χ0v) is 10.1. The number of benzene rings is 1. The van der Waals surface area contributed by atoms with E-state index in [1.165, 1.54) is 44.2 Å². The maximum absolute atomic E-state index is 9.82. The number of aromatic hydroxyl groups is 1. The maximum Gasteiger partial charge on any atom is 0.124 e. The van der Waals surface area contributed by atoms with Gasteiger partial charge in [0.05, 0.1) is 0 Å². The topological polar surface area (TPSA) is 36.0 Å². The molecule has 1 aromatic carbocycles. The molecule has 0 unspecified atom stereocenters. The molecule has 0 saturated heterocycles. The molecule has 1 aliphatic rings. The predicted octanol–water partition coefficient (Wildman–Crippen LogP) is 4.31. The summed E-state index contributed by atoms with van der Waals surface area (Å²) >= 11 is 0. The molecule has 1 fully saturated rings. The van der Waals surface area contributed by atoms with Gasteiger partial charge in [-0.25, -0.2) is 0 Å². The number of hydrogen-bond acceptors (Lipinski definition) is 1. The standard InChI is InChI=1S/C15H19NO/c17-15-9-5-8-13-12(15)10-14(16-13)11-6-3-1-2-4-7-11/h5,8-11,16-17H,1-4,6-7H2. The van der Waals surface area contributed by atoms with Crippen LogP contribution < -0.4 is 0 Å². The first-order chi connectivity index (χ1) is 8.34. The van der Waals surface area contributed by atoms with E-state index >= 15 is 0 Å². The Bertz CT molecular complexity index is 507. The van der Waals surface area contributed by atoms with Gasteiger partial charge in [-0.3, -0.25) is 0 Å². The van der Waals surface area contributed by atoms with Crippen molar-refractivity contribution in [2.24, 2.45) is 0 Å². The molecule has 2 heteroatoms. The molecule has 2 nitrogen and oxygen atoms in total. The van der Waals surface area contributed by atoms with Crippen LogP contribution in [-0.2, 0) is 0 Å². The SMILES string of the molecule is Oc1cccc2[nH]c(C3CCCCCC3)cc12. The van der Waals surface area contributed by atoms with Crippen LogP contribution in [0.2, 0.25) is 0 Å². The molecule has 0 spiro atoms. The lowest BCUT2D eigenvalue weighted by Crippen LogP contribution is -1.96. The smallest absolute Gasteiger partial charge is 0.124 e. The van der Waals surface area contributed by atoms with E-state index in [1.54, 1.807) is 6.07 Å². The second-order valence-electron chi connectivity index (χ2n) is 5.15. The minimum atomic E-state index is 0.388. The fourth-order valence-electron chi connectivity index (χ4n) is 2.97. The molecule has 0 radical (unpaired) electrons. The zero-order valence-electron chi connectivity index (χ0n) is 10.1. The summed E-state index contributed by atoms with van der Waals surface area (Å²) in [6.45, 7) is 0. The van der Waals surface area contributed by atoms with Crippen LogP contribution in [-0.4, -0.2) is 10.1 Å². The lowest BCUT2D eigenvalue weighted by atomic mass is 9.97. The van der Waals surface area contributed by atoms with Gasteiger partial charge in [-0.15, -0.1) is 0 Å². The lowest BCUT2D eigenvalue weighted by molar-refractivity contribution is 0.481. The zero-order chi connectivity index (χ0) is 11.7. The molecule has 2 N–H and O–H groups in total. The third-order valence-electron chi connectivity index (χ3n) is 3.96. The number of H-pyrrole nitrogens is 1. The minimum Gasteiger partial charge on any atom is -0.507 e. The van der Waals surface area contributed by atoms with Crippen molar-refractivity contribution in [1.82, 2.24) is 4.98 Å². The van der Waals surface area contributed by atoms with E-state index in [-0.39, 0.29) is 0 Å². The largest absolute Gasteiger partial charge is 0.507 e. The summed E-state index contributed by atoms with van der Waals surface area (Å²) in [5, 5.41) is 10.8. The second-order valence-corrected chi connectivity index (χ2v) is 5.15. The summed E-state index contributed by atoms with van der Waals surface area (Å²) in [6.07, 6.45) is 8.00. The first-order valence-corrected chi connectivity index (χ1v) is 6.65. The second kappa shape index (κ2) is 4.44. The first kappa shape index (κ1) is 10.7. The molecule has 2 aromatic rings. The summed E-state index contributed by atoms with van der Waals surface area (Å²) in [6, 6.07) is 7.83. The minimum absolute atomic E-state index is 0.388. The Morgan fingerprint density at radius 3 is 2.53 bits per heavy atom. The Morgan fingerprint density at radius 1 is 1.06 bits per heavy atom. The molecule has 0 aliphatic heterocycles. The quantitative estimate of drug-likeness (QED) is 0.702. The molecule has 0 atom stereocenters. The van der Waals surface area contributed by atoms with Crippen LogP contribution in [0, 0.1) is 0 Å². The van der Waals surface area contributed by atoms with Crippen molar-refractivity contribution >= 4 is 10.9 Å². The molecule has 17 heavy (non-hydrogen) atoms. The van der Waals surface area contributed by atoms with Crippen LogP contribution >= 0.6 is 0 Å². The lowest BCUT2D eigenvalue weighted by Gasteiger charge is -2.11. The van der Waals surface area contributed by atoms with Gasteiger partial charge in [0.2, 0.25) is 0 Å². The van der Waals surface area contributed by atoms with Crippen LogP contribution in [0.15, 0.2) is 24.3 Å². The van der Waals surface area contributed by atoms with Crippen molar-refractivity contribution in [3.63, 3.8) is 0 Å². The van der Waals surface area contributed by atoms with E-state index in [1.807, 2.05) is 12.1 Å². The van der Waals surface area contributed by atoms with Crippen molar-refractivity contribution in [3.05, 3.63) is 30.0 Å². The molecule has 3 rings (SSSR count). The predicted molar refractivity (Wildman–Crippen MR) is 70.4 cm³/mol.